The Morgan fingerprint density at radius 3 is 2.36 bits per heavy atom. The lowest BCUT2D eigenvalue weighted by atomic mass is 10.0. The van der Waals surface area contributed by atoms with E-state index in [-0.39, 0.29) is 11.3 Å². The van der Waals surface area contributed by atoms with Crippen molar-refractivity contribution in [3.05, 3.63) is 29.3 Å². The highest BCUT2D eigenvalue weighted by molar-refractivity contribution is 5.20. The van der Waals surface area contributed by atoms with Gasteiger partial charge in [-0.15, -0.1) is 0 Å². The zero-order chi connectivity index (χ0) is 10.9. The third kappa shape index (κ3) is 2.21. The first-order valence-electron chi connectivity index (χ1n) is 4.01. The van der Waals surface area contributed by atoms with Crippen LogP contribution in [0.15, 0.2) is 12.3 Å². The zero-order valence-electron chi connectivity index (χ0n) is 7.69. The molecule has 0 fully saturated rings. The summed E-state index contributed by atoms with van der Waals surface area (Å²) >= 11 is 0. The fourth-order valence-corrected chi connectivity index (χ4v) is 0.947. The highest BCUT2D eigenvalue weighted by Gasteiger charge is 2.37. The molecule has 0 N–H and O–H groups in total. The molecule has 1 atom stereocenters. The van der Waals surface area contributed by atoms with Gasteiger partial charge in [-0.1, -0.05) is 0 Å². The lowest BCUT2D eigenvalue weighted by molar-refractivity contribution is -0.146. The number of rotatable bonds is 1. The molecular weight excluding hydrogens is 198 g/mol. The molecule has 0 radical (unpaired) electrons. The van der Waals surface area contributed by atoms with E-state index in [4.69, 9.17) is 0 Å². The van der Waals surface area contributed by atoms with E-state index in [1.807, 2.05) is 0 Å². The first kappa shape index (κ1) is 10.9. The summed E-state index contributed by atoms with van der Waals surface area (Å²) in [5, 5.41) is 0. The molecule has 1 unspecified atom stereocenters. The molecule has 0 aliphatic rings. The third-order valence-corrected chi connectivity index (χ3v) is 2.04. The fourth-order valence-electron chi connectivity index (χ4n) is 0.947. The molecule has 78 valence electrons. The molecule has 1 nitrogen and oxygen atoms in total. The SMILES string of the molecule is Cc1ncc(C(C)C(F)(F)F)cc1F. The van der Waals surface area contributed by atoms with E-state index in [9.17, 15) is 17.6 Å². The summed E-state index contributed by atoms with van der Waals surface area (Å²) in [4.78, 5) is 3.54. The van der Waals surface area contributed by atoms with Crippen molar-refractivity contribution in [1.29, 1.82) is 0 Å². The van der Waals surface area contributed by atoms with E-state index in [0.29, 0.717) is 0 Å². The van der Waals surface area contributed by atoms with Gasteiger partial charge >= 0.3 is 6.18 Å². The van der Waals surface area contributed by atoms with Crippen LogP contribution in [0.2, 0.25) is 0 Å². The molecule has 0 aliphatic heterocycles. The van der Waals surface area contributed by atoms with Crippen LogP contribution in [0.3, 0.4) is 0 Å². The van der Waals surface area contributed by atoms with Gasteiger partial charge < -0.3 is 0 Å². The van der Waals surface area contributed by atoms with Crippen molar-refractivity contribution >= 4 is 0 Å². The number of aromatic nitrogens is 1. The predicted octanol–water partition coefficient (Wildman–Crippen LogP) is 3.19. The van der Waals surface area contributed by atoms with Crippen LogP contribution in [0, 0.1) is 12.7 Å². The quantitative estimate of drug-likeness (QED) is 0.644. The summed E-state index contributed by atoms with van der Waals surface area (Å²) in [7, 11) is 0. The summed E-state index contributed by atoms with van der Waals surface area (Å²) in [6.07, 6.45) is -3.31. The van der Waals surface area contributed by atoms with Gasteiger partial charge in [0, 0.05) is 6.20 Å². The van der Waals surface area contributed by atoms with Crippen LogP contribution in [-0.4, -0.2) is 11.2 Å². The van der Waals surface area contributed by atoms with Gasteiger partial charge in [0.15, 0.2) is 0 Å². The molecule has 14 heavy (non-hydrogen) atoms. The molecule has 0 aliphatic carbocycles. The Morgan fingerprint density at radius 2 is 1.93 bits per heavy atom. The van der Waals surface area contributed by atoms with Crippen molar-refractivity contribution in [2.24, 2.45) is 0 Å². The number of halogens is 4. The average molecular weight is 207 g/mol. The summed E-state index contributed by atoms with van der Waals surface area (Å²) in [6, 6.07) is 0.875. The largest absolute Gasteiger partial charge is 0.395 e. The zero-order valence-corrected chi connectivity index (χ0v) is 7.69. The Hall–Kier alpha value is -1.13. The Morgan fingerprint density at radius 1 is 1.36 bits per heavy atom. The summed E-state index contributed by atoms with van der Waals surface area (Å²) in [5.74, 6) is -2.40. The standard InChI is InChI=1S/C9H9F4N/c1-5(9(11,12)13)7-3-8(10)6(2)14-4-7/h3-5H,1-2H3. The van der Waals surface area contributed by atoms with E-state index < -0.39 is 17.9 Å². The number of aryl methyl sites for hydroxylation is 1. The van der Waals surface area contributed by atoms with E-state index in [1.165, 1.54) is 6.92 Å². The van der Waals surface area contributed by atoms with E-state index in [0.717, 1.165) is 19.2 Å². The smallest absolute Gasteiger partial charge is 0.258 e. The minimum Gasteiger partial charge on any atom is -0.258 e. The maximum atomic E-state index is 12.9. The van der Waals surface area contributed by atoms with Gasteiger partial charge in [-0.2, -0.15) is 13.2 Å². The summed E-state index contributed by atoms with van der Waals surface area (Å²) in [5.41, 5.74) is -0.0521. The average Bonchev–Trinajstić information content (AvgIpc) is 2.07. The van der Waals surface area contributed by atoms with E-state index in [1.54, 1.807) is 0 Å². The van der Waals surface area contributed by atoms with Crippen LogP contribution in [-0.2, 0) is 0 Å². The Labute approximate surface area is 78.8 Å². The second-order valence-corrected chi connectivity index (χ2v) is 3.10. The van der Waals surface area contributed by atoms with Gasteiger partial charge in [-0.05, 0) is 25.5 Å². The van der Waals surface area contributed by atoms with Crippen LogP contribution >= 0.6 is 0 Å². The highest BCUT2D eigenvalue weighted by Crippen LogP contribution is 2.34. The second-order valence-electron chi connectivity index (χ2n) is 3.10. The minimum absolute atomic E-state index is 0.100. The Balaban J connectivity index is 3.03. The normalized spacial score (nSPS) is 14.1. The van der Waals surface area contributed by atoms with Crippen LogP contribution in [0.1, 0.15) is 24.1 Å². The molecule has 0 amide bonds. The van der Waals surface area contributed by atoms with Crippen molar-refractivity contribution in [3.63, 3.8) is 0 Å². The Kier molecular flexibility index (Phi) is 2.78. The topological polar surface area (TPSA) is 12.9 Å². The van der Waals surface area contributed by atoms with Gasteiger partial charge in [-0.25, -0.2) is 4.39 Å². The molecule has 1 aromatic rings. The molecule has 0 spiro atoms. The number of pyridine rings is 1. The lowest BCUT2D eigenvalue weighted by Crippen LogP contribution is -2.18. The molecule has 5 heteroatoms. The molecule has 1 rings (SSSR count). The summed E-state index contributed by atoms with van der Waals surface area (Å²) < 4.78 is 49.5. The number of alkyl halides is 3. The van der Waals surface area contributed by atoms with Gasteiger partial charge in [0.05, 0.1) is 11.6 Å². The lowest BCUT2D eigenvalue weighted by Gasteiger charge is -2.15. The minimum atomic E-state index is -4.36. The van der Waals surface area contributed by atoms with Gasteiger partial charge in [0.2, 0.25) is 0 Å². The molecular formula is C9H9F4N. The van der Waals surface area contributed by atoms with Crippen molar-refractivity contribution < 1.29 is 17.6 Å². The monoisotopic (exact) mass is 207 g/mol. The van der Waals surface area contributed by atoms with Gasteiger partial charge in [0.25, 0.3) is 0 Å². The maximum Gasteiger partial charge on any atom is 0.395 e. The molecule has 1 aromatic heterocycles. The van der Waals surface area contributed by atoms with Crippen LogP contribution in [0.25, 0.3) is 0 Å². The first-order chi connectivity index (χ1) is 6.32. The van der Waals surface area contributed by atoms with Crippen molar-refractivity contribution in [1.82, 2.24) is 4.98 Å². The van der Waals surface area contributed by atoms with Gasteiger partial charge in [0.1, 0.15) is 5.82 Å². The highest BCUT2D eigenvalue weighted by atomic mass is 19.4. The first-order valence-corrected chi connectivity index (χ1v) is 4.01. The molecule has 0 saturated carbocycles. The van der Waals surface area contributed by atoms with Crippen LogP contribution in [0.5, 0.6) is 0 Å². The van der Waals surface area contributed by atoms with Crippen molar-refractivity contribution in [3.8, 4) is 0 Å². The van der Waals surface area contributed by atoms with Gasteiger partial charge in [-0.3, -0.25) is 4.98 Å². The van der Waals surface area contributed by atoms with E-state index in [2.05, 4.69) is 4.98 Å². The van der Waals surface area contributed by atoms with Crippen LogP contribution in [0.4, 0.5) is 17.6 Å². The molecule has 0 aromatic carbocycles. The maximum absolute atomic E-state index is 12.9. The van der Waals surface area contributed by atoms with Crippen molar-refractivity contribution in [2.45, 2.75) is 25.9 Å². The number of hydrogen-bond donors (Lipinski definition) is 0. The Bertz CT molecular complexity index is 332. The third-order valence-electron chi connectivity index (χ3n) is 2.04. The number of nitrogens with zero attached hydrogens (tertiary/aromatic N) is 1. The second kappa shape index (κ2) is 3.55. The van der Waals surface area contributed by atoms with Crippen molar-refractivity contribution in [2.75, 3.05) is 0 Å². The van der Waals surface area contributed by atoms with E-state index >= 15 is 0 Å². The van der Waals surface area contributed by atoms with Crippen LogP contribution < -0.4 is 0 Å². The fraction of sp³-hybridized carbons (Fsp3) is 0.444. The molecule has 1 heterocycles. The molecule has 0 bridgehead atoms. The predicted molar refractivity (Wildman–Crippen MR) is 43.4 cm³/mol. The summed E-state index contributed by atoms with van der Waals surface area (Å²) in [6.45, 7) is 2.38. The molecule has 0 saturated heterocycles. The number of hydrogen-bond acceptors (Lipinski definition) is 1.